The van der Waals surface area contributed by atoms with Crippen molar-refractivity contribution in [2.75, 3.05) is 26.2 Å². The molecule has 1 aliphatic heterocycles. The van der Waals surface area contributed by atoms with E-state index in [1.807, 2.05) is 6.92 Å². The van der Waals surface area contributed by atoms with Crippen molar-refractivity contribution in [3.05, 3.63) is 34.6 Å². The van der Waals surface area contributed by atoms with E-state index in [4.69, 9.17) is 11.6 Å². The minimum atomic E-state index is -0.514. The average Bonchev–Trinajstić information content (AvgIpc) is 2.47. The van der Waals surface area contributed by atoms with Gasteiger partial charge in [-0.05, 0) is 57.0 Å². The van der Waals surface area contributed by atoms with Crippen LogP contribution < -0.4 is 5.32 Å². The van der Waals surface area contributed by atoms with Crippen LogP contribution in [0.3, 0.4) is 0 Å². The van der Waals surface area contributed by atoms with Crippen LogP contribution in [0.15, 0.2) is 18.2 Å². The molecule has 1 unspecified atom stereocenters. The molecule has 1 N–H and O–H groups in total. The van der Waals surface area contributed by atoms with Gasteiger partial charge in [0.25, 0.3) is 5.91 Å². The summed E-state index contributed by atoms with van der Waals surface area (Å²) in [5.41, 5.74) is 0.0584. The zero-order chi connectivity index (χ0) is 14.5. The number of hydrogen-bond donors (Lipinski definition) is 1. The topological polar surface area (TPSA) is 32.3 Å². The molecule has 1 aliphatic rings. The highest BCUT2D eigenvalue weighted by atomic mass is 35.5. The van der Waals surface area contributed by atoms with Gasteiger partial charge in [0, 0.05) is 18.1 Å². The maximum atomic E-state index is 13.8. The Labute approximate surface area is 124 Å². The highest BCUT2D eigenvalue weighted by Gasteiger charge is 2.22. The largest absolute Gasteiger partial charge is 0.339 e. The van der Waals surface area contributed by atoms with E-state index in [1.165, 1.54) is 18.2 Å². The third-order valence-corrected chi connectivity index (χ3v) is 3.94. The summed E-state index contributed by atoms with van der Waals surface area (Å²) in [7, 11) is 0. The summed E-state index contributed by atoms with van der Waals surface area (Å²) in [6.45, 7) is 5.10. The van der Waals surface area contributed by atoms with Crippen LogP contribution in [0.4, 0.5) is 4.39 Å². The van der Waals surface area contributed by atoms with Gasteiger partial charge in [-0.2, -0.15) is 0 Å². The molecule has 0 spiro atoms. The molecule has 1 atom stereocenters. The Morgan fingerprint density at radius 3 is 3.00 bits per heavy atom. The fourth-order valence-corrected chi connectivity index (χ4v) is 2.75. The van der Waals surface area contributed by atoms with Gasteiger partial charge >= 0.3 is 0 Å². The molecule has 0 aromatic heterocycles. The van der Waals surface area contributed by atoms with Crippen LogP contribution in [-0.4, -0.2) is 37.0 Å². The van der Waals surface area contributed by atoms with Crippen LogP contribution >= 0.6 is 11.6 Å². The predicted molar refractivity (Wildman–Crippen MR) is 78.6 cm³/mol. The number of rotatable bonds is 4. The van der Waals surface area contributed by atoms with E-state index in [0.717, 1.165) is 25.9 Å². The van der Waals surface area contributed by atoms with Crippen molar-refractivity contribution in [3.8, 4) is 0 Å². The number of hydrogen-bond acceptors (Lipinski definition) is 2. The second kappa shape index (κ2) is 7.04. The molecule has 1 aromatic rings. The van der Waals surface area contributed by atoms with Crippen molar-refractivity contribution in [3.63, 3.8) is 0 Å². The highest BCUT2D eigenvalue weighted by molar-refractivity contribution is 6.31. The maximum absolute atomic E-state index is 13.8. The van der Waals surface area contributed by atoms with Crippen molar-refractivity contribution < 1.29 is 9.18 Å². The lowest BCUT2D eigenvalue weighted by Crippen LogP contribution is -2.41. The number of nitrogens with zero attached hydrogens (tertiary/aromatic N) is 1. The molecule has 110 valence electrons. The Hall–Kier alpha value is -1.13. The molecule has 5 heteroatoms. The van der Waals surface area contributed by atoms with Crippen molar-refractivity contribution in [1.82, 2.24) is 10.2 Å². The molecule has 1 fully saturated rings. The molecule has 1 heterocycles. The molecule has 0 radical (unpaired) electrons. The standard InChI is InChI=1S/C15H20ClFN2O/c1-2-19(10-11-4-3-7-18-9-11)15(20)13-8-12(16)5-6-14(13)17/h5-6,8,11,18H,2-4,7,9-10H2,1H3. The van der Waals surface area contributed by atoms with E-state index in [9.17, 15) is 9.18 Å². The molecule has 1 saturated heterocycles. The molecule has 0 aliphatic carbocycles. The summed E-state index contributed by atoms with van der Waals surface area (Å²) >= 11 is 5.85. The molecule has 0 bridgehead atoms. The van der Waals surface area contributed by atoms with Crippen LogP contribution in [0.1, 0.15) is 30.1 Å². The number of benzene rings is 1. The Bertz CT molecular complexity index is 475. The first kappa shape index (κ1) is 15.3. The van der Waals surface area contributed by atoms with Gasteiger partial charge in [0.1, 0.15) is 5.82 Å². The second-order valence-corrected chi connectivity index (χ2v) is 5.62. The van der Waals surface area contributed by atoms with Gasteiger partial charge in [-0.25, -0.2) is 4.39 Å². The van der Waals surface area contributed by atoms with Gasteiger partial charge < -0.3 is 10.2 Å². The van der Waals surface area contributed by atoms with Crippen molar-refractivity contribution >= 4 is 17.5 Å². The summed E-state index contributed by atoms with van der Waals surface area (Å²) in [4.78, 5) is 14.1. The van der Waals surface area contributed by atoms with E-state index in [2.05, 4.69) is 5.32 Å². The van der Waals surface area contributed by atoms with Crippen LogP contribution in [0.25, 0.3) is 0 Å². The van der Waals surface area contributed by atoms with Crippen LogP contribution in [0.2, 0.25) is 5.02 Å². The number of halogens is 2. The molecule has 0 saturated carbocycles. The van der Waals surface area contributed by atoms with Crippen molar-refractivity contribution in [2.45, 2.75) is 19.8 Å². The fraction of sp³-hybridized carbons (Fsp3) is 0.533. The minimum Gasteiger partial charge on any atom is -0.339 e. The van der Waals surface area contributed by atoms with E-state index >= 15 is 0 Å². The number of amides is 1. The molecular weight excluding hydrogens is 279 g/mol. The van der Waals surface area contributed by atoms with E-state index in [-0.39, 0.29) is 11.5 Å². The van der Waals surface area contributed by atoms with Crippen LogP contribution in [0.5, 0.6) is 0 Å². The SMILES string of the molecule is CCN(CC1CCCNC1)C(=O)c1cc(Cl)ccc1F. The van der Waals surface area contributed by atoms with E-state index in [0.29, 0.717) is 24.0 Å². The Kier molecular flexibility index (Phi) is 5.38. The zero-order valence-corrected chi connectivity index (χ0v) is 12.4. The summed E-state index contributed by atoms with van der Waals surface area (Å²) < 4.78 is 13.8. The first-order valence-corrected chi connectivity index (χ1v) is 7.44. The Morgan fingerprint density at radius 2 is 2.35 bits per heavy atom. The Balaban J connectivity index is 2.09. The Morgan fingerprint density at radius 1 is 1.55 bits per heavy atom. The number of carbonyl (C=O) groups excluding carboxylic acids is 1. The van der Waals surface area contributed by atoms with Gasteiger partial charge in [0.2, 0.25) is 0 Å². The van der Waals surface area contributed by atoms with Crippen LogP contribution in [-0.2, 0) is 0 Å². The quantitative estimate of drug-likeness (QED) is 0.927. The minimum absolute atomic E-state index is 0.0584. The monoisotopic (exact) mass is 298 g/mol. The van der Waals surface area contributed by atoms with Crippen LogP contribution in [0, 0.1) is 11.7 Å². The lowest BCUT2D eigenvalue weighted by atomic mass is 9.98. The smallest absolute Gasteiger partial charge is 0.256 e. The first-order chi connectivity index (χ1) is 9.61. The third-order valence-electron chi connectivity index (χ3n) is 3.71. The van der Waals surface area contributed by atoms with Gasteiger partial charge in [-0.1, -0.05) is 11.6 Å². The average molecular weight is 299 g/mol. The van der Waals surface area contributed by atoms with E-state index in [1.54, 1.807) is 4.90 Å². The summed E-state index contributed by atoms with van der Waals surface area (Å²) in [6.07, 6.45) is 2.23. The lowest BCUT2D eigenvalue weighted by molar-refractivity contribution is 0.0724. The zero-order valence-electron chi connectivity index (χ0n) is 11.7. The molecule has 2 rings (SSSR count). The second-order valence-electron chi connectivity index (χ2n) is 5.18. The number of piperidine rings is 1. The first-order valence-electron chi connectivity index (χ1n) is 7.07. The number of nitrogens with one attached hydrogen (secondary N) is 1. The lowest BCUT2D eigenvalue weighted by Gasteiger charge is -2.29. The third kappa shape index (κ3) is 3.70. The molecule has 1 aromatic carbocycles. The maximum Gasteiger partial charge on any atom is 0.256 e. The number of carbonyl (C=O) groups is 1. The van der Waals surface area contributed by atoms with Gasteiger partial charge in [-0.15, -0.1) is 0 Å². The summed E-state index contributed by atoms with van der Waals surface area (Å²) in [5.74, 6) is -0.354. The van der Waals surface area contributed by atoms with E-state index < -0.39 is 5.82 Å². The fourth-order valence-electron chi connectivity index (χ4n) is 2.58. The molecule has 3 nitrogen and oxygen atoms in total. The predicted octanol–water partition coefficient (Wildman–Crippen LogP) is 2.94. The molecule has 20 heavy (non-hydrogen) atoms. The summed E-state index contributed by atoms with van der Waals surface area (Å²) in [6, 6.07) is 4.10. The van der Waals surface area contributed by atoms with Crippen molar-refractivity contribution in [1.29, 1.82) is 0 Å². The van der Waals surface area contributed by atoms with Gasteiger partial charge in [-0.3, -0.25) is 4.79 Å². The van der Waals surface area contributed by atoms with Gasteiger partial charge in [0.15, 0.2) is 0 Å². The van der Waals surface area contributed by atoms with Gasteiger partial charge in [0.05, 0.1) is 5.56 Å². The normalized spacial score (nSPS) is 18.9. The molecular formula is C15H20ClFN2O. The summed E-state index contributed by atoms with van der Waals surface area (Å²) in [5, 5.41) is 3.71. The van der Waals surface area contributed by atoms with Crippen molar-refractivity contribution in [2.24, 2.45) is 5.92 Å². The molecule has 1 amide bonds. The highest BCUT2D eigenvalue weighted by Crippen LogP contribution is 2.18.